The molecule has 0 saturated carbocycles. The normalized spacial score (nSPS) is 12.2. The predicted octanol–water partition coefficient (Wildman–Crippen LogP) is 5.40. The van der Waals surface area contributed by atoms with Gasteiger partial charge in [-0.25, -0.2) is 12.8 Å². The Morgan fingerprint density at radius 2 is 1.78 bits per heavy atom. The first kappa shape index (κ1) is 30.9. The number of rotatable bonds is 14. The molecule has 0 aromatic heterocycles. The molecule has 1 atom stereocenters. The number of para-hydroxylation sites is 1. The molecule has 2 aromatic carbocycles. The molecule has 2 rings (SSSR count). The van der Waals surface area contributed by atoms with Crippen LogP contribution in [0.25, 0.3) is 0 Å². The van der Waals surface area contributed by atoms with Crippen molar-refractivity contribution >= 4 is 50.7 Å². The van der Waals surface area contributed by atoms with E-state index in [0.29, 0.717) is 28.6 Å². The van der Waals surface area contributed by atoms with Crippen LogP contribution in [0.15, 0.2) is 42.5 Å². The molecule has 0 fully saturated rings. The molecule has 0 bridgehead atoms. The molecule has 0 aliphatic rings. The van der Waals surface area contributed by atoms with Gasteiger partial charge in [0.05, 0.1) is 11.9 Å². The van der Waals surface area contributed by atoms with Gasteiger partial charge in [-0.3, -0.25) is 13.9 Å². The second kappa shape index (κ2) is 14.5. The number of carbonyl (C=O) groups is 2. The summed E-state index contributed by atoms with van der Waals surface area (Å²) >= 11 is 12.4. The van der Waals surface area contributed by atoms with Gasteiger partial charge in [0.1, 0.15) is 11.9 Å². The topological polar surface area (TPSA) is 86.8 Å². The molecule has 1 N–H and O–H groups in total. The molecule has 0 aliphatic carbocycles. The molecular formula is C26H34Cl2FN3O4S. The first-order valence-corrected chi connectivity index (χ1v) is 14.8. The number of sulfonamides is 1. The Morgan fingerprint density at radius 1 is 1.08 bits per heavy atom. The summed E-state index contributed by atoms with van der Waals surface area (Å²) in [4.78, 5) is 27.9. The summed E-state index contributed by atoms with van der Waals surface area (Å²) in [6, 6.07) is 9.76. The third-order valence-electron chi connectivity index (χ3n) is 5.84. The summed E-state index contributed by atoms with van der Waals surface area (Å²) in [6.07, 6.45) is 3.17. The molecule has 0 spiro atoms. The highest BCUT2D eigenvalue weighted by Gasteiger charge is 2.29. The lowest BCUT2D eigenvalue weighted by Crippen LogP contribution is -2.49. The Morgan fingerprint density at radius 3 is 2.38 bits per heavy atom. The van der Waals surface area contributed by atoms with E-state index in [4.69, 9.17) is 23.2 Å². The van der Waals surface area contributed by atoms with Crippen molar-refractivity contribution < 1.29 is 22.4 Å². The van der Waals surface area contributed by atoms with Crippen molar-refractivity contribution in [2.24, 2.45) is 0 Å². The van der Waals surface area contributed by atoms with E-state index in [9.17, 15) is 22.4 Å². The van der Waals surface area contributed by atoms with Crippen LogP contribution in [0.5, 0.6) is 0 Å². The highest BCUT2D eigenvalue weighted by molar-refractivity contribution is 7.92. The average Bonchev–Trinajstić information content (AvgIpc) is 2.83. The minimum Gasteiger partial charge on any atom is -0.354 e. The summed E-state index contributed by atoms with van der Waals surface area (Å²) in [5.41, 5.74) is 0.548. The van der Waals surface area contributed by atoms with Crippen molar-refractivity contribution in [1.82, 2.24) is 10.2 Å². The Hall–Kier alpha value is -2.36. The molecule has 1 unspecified atom stereocenters. The van der Waals surface area contributed by atoms with Gasteiger partial charge in [-0.15, -0.1) is 0 Å². The van der Waals surface area contributed by atoms with E-state index in [1.54, 1.807) is 24.3 Å². The Balaban J connectivity index is 2.24. The SMILES string of the molecule is CCCCNC(=O)C(CC)N(Cc1ccc(Cl)cc1Cl)C(=O)CCCN(c1ccccc1F)S(C)(=O)=O. The van der Waals surface area contributed by atoms with Crippen LogP contribution in [0.2, 0.25) is 10.0 Å². The van der Waals surface area contributed by atoms with Crippen molar-refractivity contribution in [2.45, 2.75) is 58.5 Å². The van der Waals surface area contributed by atoms with Crippen LogP contribution in [0.4, 0.5) is 10.1 Å². The fraction of sp³-hybridized carbons (Fsp3) is 0.462. The van der Waals surface area contributed by atoms with Crippen molar-refractivity contribution in [3.05, 3.63) is 63.9 Å². The third kappa shape index (κ3) is 9.16. The first-order chi connectivity index (χ1) is 17.5. The van der Waals surface area contributed by atoms with E-state index in [1.165, 1.54) is 23.1 Å². The number of anilines is 1. The molecule has 0 saturated heterocycles. The molecule has 11 heteroatoms. The van der Waals surface area contributed by atoms with E-state index in [0.717, 1.165) is 23.4 Å². The summed E-state index contributed by atoms with van der Waals surface area (Å²) in [5.74, 6) is -1.28. The zero-order valence-corrected chi connectivity index (χ0v) is 23.7. The Bertz CT molecular complexity index is 1180. The first-order valence-electron chi connectivity index (χ1n) is 12.2. The van der Waals surface area contributed by atoms with Gasteiger partial charge in [0.2, 0.25) is 21.8 Å². The van der Waals surface area contributed by atoms with E-state index in [1.807, 2.05) is 13.8 Å². The molecule has 2 aromatic rings. The summed E-state index contributed by atoms with van der Waals surface area (Å²) < 4.78 is 40.0. The van der Waals surface area contributed by atoms with Gasteiger partial charge >= 0.3 is 0 Å². The summed E-state index contributed by atoms with van der Waals surface area (Å²) in [6.45, 7) is 4.32. The number of amides is 2. The number of carbonyl (C=O) groups excluding carboxylic acids is 2. The lowest BCUT2D eigenvalue weighted by Gasteiger charge is -2.31. The van der Waals surface area contributed by atoms with E-state index < -0.39 is 21.9 Å². The van der Waals surface area contributed by atoms with E-state index in [-0.39, 0.29) is 43.4 Å². The van der Waals surface area contributed by atoms with E-state index >= 15 is 0 Å². The van der Waals surface area contributed by atoms with Crippen LogP contribution in [-0.4, -0.2) is 50.5 Å². The molecule has 0 radical (unpaired) electrons. The molecule has 0 heterocycles. The van der Waals surface area contributed by atoms with Crippen molar-refractivity contribution in [2.75, 3.05) is 23.7 Å². The minimum absolute atomic E-state index is 0.0512. The van der Waals surface area contributed by atoms with Gasteiger partial charge in [0, 0.05) is 36.1 Å². The minimum atomic E-state index is -3.79. The predicted molar refractivity (Wildman–Crippen MR) is 147 cm³/mol. The fourth-order valence-electron chi connectivity index (χ4n) is 3.90. The zero-order valence-electron chi connectivity index (χ0n) is 21.3. The Labute approximate surface area is 229 Å². The van der Waals surface area contributed by atoms with Gasteiger partial charge in [0.15, 0.2) is 0 Å². The largest absolute Gasteiger partial charge is 0.354 e. The fourth-order valence-corrected chi connectivity index (χ4v) is 5.33. The van der Waals surface area contributed by atoms with Crippen LogP contribution in [0.1, 0.15) is 51.5 Å². The second-order valence-electron chi connectivity index (χ2n) is 8.72. The third-order valence-corrected chi connectivity index (χ3v) is 7.61. The maximum atomic E-state index is 14.3. The molecule has 37 heavy (non-hydrogen) atoms. The number of nitrogens with one attached hydrogen (secondary N) is 1. The quantitative estimate of drug-likeness (QED) is 0.306. The monoisotopic (exact) mass is 573 g/mol. The molecule has 2 amide bonds. The molecule has 7 nitrogen and oxygen atoms in total. The highest BCUT2D eigenvalue weighted by Crippen LogP contribution is 2.25. The number of nitrogens with zero attached hydrogens (tertiary/aromatic N) is 2. The number of hydrogen-bond acceptors (Lipinski definition) is 4. The maximum absolute atomic E-state index is 14.3. The van der Waals surface area contributed by atoms with Gasteiger partial charge in [-0.1, -0.05) is 61.7 Å². The van der Waals surface area contributed by atoms with Gasteiger partial charge in [-0.05, 0) is 49.1 Å². The van der Waals surface area contributed by atoms with Crippen molar-refractivity contribution in [3.8, 4) is 0 Å². The molecule has 0 aliphatic heterocycles. The molecular weight excluding hydrogens is 540 g/mol. The smallest absolute Gasteiger partial charge is 0.242 e. The second-order valence-corrected chi connectivity index (χ2v) is 11.5. The van der Waals surface area contributed by atoms with Gasteiger partial charge in [0.25, 0.3) is 0 Å². The Kier molecular flexibility index (Phi) is 12.1. The summed E-state index contributed by atoms with van der Waals surface area (Å²) in [5, 5.41) is 3.70. The van der Waals surface area contributed by atoms with Gasteiger partial charge < -0.3 is 10.2 Å². The number of benzene rings is 2. The van der Waals surface area contributed by atoms with Crippen LogP contribution < -0.4 is 9.62 Å². The van der Waals surface area contributed by atoms with Crippen molar-refractivity contribution in [1.29, 1.82) is 0 Å². The summed E-state index contributed by atoms with van der Waals surface area (Å²) in [7, 11) is -3.79. The molecule has 204 valence electrons. The van der Waals surface area contributed by atoms with Crippen LogP contribution in [0.3, 0.4) is 0 Å². The zero-order chi connectivity index (χ0) is 27.6. The van der Waals surface area contributed by atoms with Gasteiger partial charge in [-0.2, -0.15) is 0 Å². The van der Waals surface area contributed by atoms with Crippen LogP contribution in [0, 0.1) is 5.82 Å². The van der Waals surface area contributed by atoms with Crippen LogP contribution in [-0.2, 0) is 26.2 Å². The number of unbranched alkanes of at least 4 members (excludes halogenated alkanes) is 1. The lowest BCUT2D eigenvalue weighted by molar-refractivity contribution is -0.141. The highest BCUT2D eigenvalue weighted by atomic mass is 35.5. The number of halogens is 3. The maximum Gasteiger partial charge on any atom is 0.242 e. The average molecular weight is 575 g/mol. The van der Waals surface area contributed by atoms with Crippen LogP contribution >= 0.6 is 23.2 Å². The number of hydrogen-bond donors (Lipinski definition) is 1. The standard InChI is InChI=1S/C26H34Cl2FN3O4S/c1-4-6-15-30-26(34)23(5-2)31(18-19-13-14-20(27)17-21(19)28)25(33)12-9-16-32(37(3,35)36)24-11-8-7-10-22(24)29/h7-8,10-11,13-14,17,23H,4-6,9,12,15-16,18H2,1-3H3,(H,30,34). The van der Waals surface area contributed by atoms with E-state index in [2.05, 4.69) is 5.32 Å². The lowest BCUT2D eigenvalue weighted by atomic mass is 10.1. The van der Waals surface area contributed by atoms with Crippen molar-refractivity contribution in [3.63, 3.8) is 0 Å².